The Morgan fingerprint density at radius 3 is 2.50 bits per heavy atom. The molecule has 1 aromatic rings. The second-order valence-corrected chi connectivity index (χ2v) is 7.52. The van der Waals surface area contributed by atoms with Crippen molar-refractivity contribution in [3.63, 3.8) is 0 Å². The number of hydrogen-bond acceptors (Lipinski definition) is 8. The lowest BCUT2D eigenvalue weighted by molar-refractivity contribution is -0.386. The van der Waals surface area contributed by atoms with E-state index in [0.29, 0.717) is 0 Å². The minimum atomic E-state index is -4.12. The highest BCUT2D eigenvalue weighted by molar-refractivity contribution is 7.58. The number of phenols is 1. The topological polar surface area (TPSA) is 199 Å². The van der Waals surface area contributed by atoms with E-state index < -0.39 is 47.7 Å². The third-order valence-electron chi connectivity index (χ3n) is 3.35. The van der Waals surface area contributed by atoms with Gasteiger partial charge >= 0.3 is 11.7 Å². The maximum atomic E-state index is 12.3. The Labute approximate surface area is 136 Å². The maximum Gasteiger partial charge on any atom is 0.320 e. The number of aromatic hydroxyl groups is 1. The van der Waals surface area contributed by atoms with Crippen molar-refractivity contribution in [2.75, 3.05) is 13.3 Å². The van der Waals surface area contributed by atoms with Crippen molar-refractivity contribution in [2.24, 2.45) is 11.5 Å². The average Bonchev–Trinajstić information content (AvgIpc) is 2.51. The molecule has 0 heterocycles. The number of nitro benzene ring substituents is 1. The van der Waals surface area contributed by atoms with E-state index in [2.05, 4.69) is 0 Å². The molecule has 1 aromatic carbocycles. The van der Waals surface area contributed by atoms with Crippen molar-refractivity contribution in [1.82, 2.24) is 0 Å². The van der Waals surface area contributed by atoms with Gasteiger partial charge in [0.1, 0.15) is 11.8 Å². The molecule has 0 spiro atoms. The van der Waals surface area contributed by atoms with E-state index in [9.17, 15) is 29.5 Å². The van der Waals surface area contributed by atoms with Crippen LogP contribution >= 0.6 is 7.37 Å². The van der Waals surface area contributed by atoms with Crippen molar-refractivity contribution in [3.05, 3.63) is 27.8 Å². The van der Waals surface area contributed by atoms with Crippen LogP contribution in [0.1, 0.15) is 17.8 Å². The van der Waals surface area contributed by atoms with Gasteiger partial charge in [0.15, 0.2) is 5.75 Å². The van der Waals surface area contributed by atoms with Crippen LogP contribution in [0.2, 0.25) is 0 Å². The van der Waals surface area contributed by atoms with Gasteiger partial charge in [-0.25, -0.2) is 0 Å². The molecule has 0 fully saturated rings. The fraction of sp³-hybridized carbons (Fsp3) is 0.417. The molecule has 0 aliphatic heterocycles. The van der Waals surface area contributed by atoms with Crippen LogP contribution in [-0.4, -0.2) is 45.3 Å². The summed E-state index contributed by atoms with van der Waals surface area (Å²) < 4.78 is 17.1. The predicted octanol–water partition coefficient (Wildman–Crippen LogP) is 0.339. The summed E-state index contributed by atoms with van der Waals surface area (Å²) in [6.07, 6.45) is -0.785. The molecule has 0 aliphatic carbocycles. The molecular formula is C12H18N3O8P. The number of nitro groups is 1. The fourth-order valence-corrected chi connectivity index (χ4v) is 3.44. The monoisotopic (exact) mass is 363 g/mol. The highest BCUT2D eigenvalue weighted by Crippen LogP contribution is 2.54. The van der Waals surface area contributed by atoms with Crippen LogP contribution in [0.3, 0.4) is 0 Å². The van der Waals surface area contributed by atoms with Crippen LogP contribution in [0.25, 0.3) is 0 Å². The summed E-state index contributed by atoms with van der Waals surface area (Å²) in [5.74, 6) is -3.88. The lowest BCUT2D eigenvalue weighted by Crippen LogP contribution is -2.31. The number of ether oxygens (including phenoxy) is 1. The van der Waals surface area contributed by atoms with Crippen molar-refractivity contribution >= 4 is 19.0 Å². The van der Waals surface area contributed by atoms with Crippen LogP contribution in [0.15, 0.2) is 12.1 Å². The van der Waals surface area contributed by atoms with Crippen molar-refractivity contribution in [3.8, 4) is 11.5 Å². The molecule has 0 aliphatic rings. The van der Waals surface area contributed by atoms with Gasteiger partial charge in [-0.3, -0.25) is 19.5 Å². The van der Waals surface area contributed by atoms with E-state index in [-0.39, 0.29) is 17.7 Å². The van der Waals surface area contributed by atoms with E-state index >= 15 is 0 Å². The molecule has 0 saturated heterocycles. The summed E-state index contributed by atoms with van der Waals surface area (Å²) in [6, 6.07) is 0.636. The normalized spacial score (nSPS) is 16.0. The predicted molar refractivity (Wildman–Crippen MR) is 83.2 cm³/mol. The van der Waals surface area contributed by atoms with E-state index in [1.54, 1.807) is 0 Å². The van der Waals surface area contributed by atoms with Gasteiger partial charge in [-0.1, -0.05) is 0 Å². The van der Waals surface area contributed by atoms with E-state index in [1.807, 2.05) is 0 Å². The molecule has 7 N–H and O–H groups in total. The number of hydrogen-bond donors (Lipinski definition) is 5. The Morgan fingerprint density at radius 1 is 1.46 bits per heavy atom. The highest BCUT2D eigenvalue weighted by atomic mass is 31.2. The lowest BCUT2D eigenvalue weighted by Gasteiger charge is -2.21. The number of aliphatic carboxylic acids is 1. The molecule has 134 valence electrons. The summed E-state index contributed by atoms with van der Waals surface area (Å²) in [4.78, 5) is 30.7. The number of phenolic OH excluding ortho intramolecular Hbond substituents is 1. The van der Waals surface area contributed by atoms with Gasteiger partial charge in [0.25, 0.3) is 0 Å². The fourth-order valence-electron chi connectivity index (χ4n) is 1.90. The van der Waals surface area contributed by atoms with Gasteiger partial charge in [0, 0.05) is 12.2 Å². The largest absolute Gasteiger partial charge is 0.500 e. The van der Waals surface area contributed by atoms with Crippen LogP contribution < -0.4 is 16.2 Å². The molecule has 11 nitrogen and oxygen atoms in total. The van der Waals surface area contributed by atoms with Gasteiger partial charge < -0.3 is 31.3 Å². The highest BCUT2D eigenvalue weighted by Gasteiger charge is 2.33. The first kappa shape index (κ1) is 19.8. The van der Waals surface area contributed by atoms with E-state index in [0.717, 1.165) is 19.2 Å². The van der Waals surface area contributed by atoms with Gasteiger partial charge in [0.05, 0.1) is 12.0 Å². The Morgan fingerprint density at radius 2 is 2.04 bits per heavy atom. The first-order valence-corrected chi connectivity index (χ1v) is 8.53. The smallest absolute Gasteiger partial charge is 0.320 e. The summed E-state index contributed by atoms with van der Waals surface area (Å²) in [5.41, 5.74) is 10.2. The van der Waals surface area contributed by atoms with Crippen LogP contribution in [0.4, 0.5) is 5.69 Å². The van der Waals surface area contributed by atoms with Crippen molar-refractivity contribution in [2.45, 2.75) is 18.2 Å². The number of nitrogens with two attached hydrogens (primary N) is 2. The molecule has 24 heavy (non-hydrogen) atoms. The molecule has 2 unspecified atom stereocenters. The Balaban J connectivity index is 3.15. The van der Waals surface area contributed by atoms with E-state index in [1.165, 1.54) is 0 Å². The molecular weight excluding hydrogens is 345 g/mol. The zero-order valence-electron chi connectivity index (χ0n) is 12.7. The minimum Gasteiger partial charge on any atom is -0.500 e. The molecule has 12 heteroatoms. The Kier molecular flexibility index (Phi) is 6.27. The zero-order valence-corrected chi connectivity index (χ0v) is 13.6. The second-order valence-electron chi connectivity index (χ2n) is 5.01. The number of rotatable bonds is 8. The van der Waals surface area contributed by atoms with Crippen LogP contribution in [-0.2, 0) is 9.36 Å². The SMILES string of the molecule is COc1cc(C(N)P(=O)(O)CC[C@H](N)C(=O)O)cc([N+](=O)[O-])c1O. The molecule has 0 amide bonds. The van der Waals surface area contributed by atoms with Crippen molar-refractivity contribution in [1.29, 1.82) is 0 Å². The summed E-state index contributed by atoms with van der Waals surface area (Å²) in [5, 5.41) is 29.3. The standard InChI is InChI=1S/C12H18N3O8P/c1-23-9-5-6(4-8(10(9)16)15(19)20)11(14)24(21,22)3-2-7(13)12(17)18/h4-5,7,11,16H,2-3,13-14H2,1H3,(H,17,18)(H,21,22)/t7-,11?/m0/s1. The lowest BCUT2D eigenvalue weighted by atomic mass is 10.1. The Hall–Kier alpha value is -2.20. The van der Waals surface area contributed by atoms with Gasteiger partial charge in [-0.05, 0) is 18.1 Å². The number of methoxy groups -OCH3 is 1. The third-order valence-corrected chi connectivity index (χ3v) is 5.41. The van der Waals surface area contributed by atoms with Gasteiger partial charge in [-0.2, -0.15) is 0 Å². The molecule has 1 rings (SSSR count). The molecule has 0 aromatic heterocycles. The molecule has 0 radical (unpaired) electrons. The van der Waals surface area contributed by atoms with Crippen LogP contribution in [0.5, 0.6) is 11.5 Å². The summed E-state index contributed by atoms with van der Waals surface area (Å²) in [6.45, 7) is 0. The summed E-state index contributed by atoms with van der Waals surface area (Å²) >= 11 is 0. The molecule has 0 bridgehead atoms. The summed E-state index contributed by atoms with van der Waals surface area (Å²) in [7, 11) is -2.97. The molecule has 0 saturated carbocycles. The first-order valence-electron chi connectivity index (χ1n) is 6.62. The van der Waals surface area contributed by atoms with Gasteiger partial charge in [-0.15, -0.1) is 0 Å². The number of benzene rings is 1. The Bertz CT molecular complexity index is 695. The number of carboxylic acids is 1. The maximum absolute atomic E-state index is 12.3. The minimum absolute atomic E-state index is 0.105. The first-order chi connectivity index (χ1) is 11.0. The third kappa shape index (κ3) is 4.42. The van der Waals surface area contributed by atoms with Crippen molar-refractivity contribution < 1.29 is 34.1 Å². The second kappa shape index (κ2) is 7.58. The van der Waals surface area contributed by atoms with Crippen LogP contribution in [0, 0.1) is 10.1 Å². The number of carbonyl (C=O) groups is 1. The average molecular weight is 363 g/mol. The quantitative estimate of drug-likeness (QED) is 0.243. The number of nitrogens with zero attached hydrogens (tertiary/aromatic N) is 1. The number of carboxylic acid groups (broad SMARTS) is 1. The van der Waals surface area contributed by atoms with E-state index in [4.69, 9.17) is 21.3 Å². The zero-order chi connectivity index (χ0) is 18.7. The van der Waals surface area contributed by atoms with Gasteiger partial charge in [0.2, 0.25) is 13.1 Å². The molecule has 3 atom stereocenters.